The molecule has 130 valence electrons. The molecule has 9 heteroatoms. The summed E-state index contributed by atoms with van der Waals surface area (Å²) >= 11 is 0.518. The molecule has 1 aliphatic rings. The molecule has 0 aliphatic carbocycles. The van der Waals surface area contributed by atoms with Crippen LogP contribution in [0.25, 0.3) is 10.2 Å². The molecule has 0 spiro atoms. The molecule has 0 atom stereocenters. The number of carbonyl (C=O) groups is 1. The Labute approximate surface area is 145 Å². The lowest BCUT2D eigenvalue weighted by atomic mass is 10.0. The van der Waals surface area contributed by atoms with Crippen molar-refractivity contribution >= 4 is 27.5 Å². The molecule has 0 radical (unpaired) electrons. The predicted molar refractivity (Wildman–Crippen MR) is 87.2 cm³/mol. The van der Waals surface area contributed by atoms with Gasteiger partial charge in [-0.25, -0.2) is 4.98 Å². The number of halogens is 3. The van der Waals surface area contributed by atoms with Gasteiger partial charge in [0.05, 0.1) is 15.8 Å². The van der Waals surface area contributed by atoms with E-state index in [0.29, 0.717) is 41.8 Å². The monoisotopic (exact) mass is 366 g/mol. The van der Waals surface area contributed by atoms with Crippen molar-refractivity contribution in [3.8, 4) is 12.3 Å². The first kappa shape index (κ1) is 17.4. The van der Waals surface area contributed by atoms with Crippen LogP contribution in [0.5, 0.6) is 0 Å². The van der Waals surface area contributed by atoms with Crippen LogP contribution >= 0.6 is 11.3 Å². The van der Waals surface area contributed by atoms with Gasteiger partial charge in [0.2, 0.25) is 0 Å². The van der Waals surface area contributed by atoms with Gasteiger partial charge in [-0.05, 0) is 12.1 Å². The first-order valence-electron chi connectivity index (χ1n) is 7.47. The second-order valence-electron chi connectivity index (χ2n) is 5.56. The number of amides is 1. The lowest BCUT2D eigenvalue weighted by Gasteiger charge is -2.10. The molecule has 0 unspecified atom stereocenters. The van der Waals surface area contributed by atoms with Gasteiger partial charge in [0.1, 0.15) is 0 Å². The smallest absolute Gasteiger partial charge is 0.352 e. The number of hydrogen-bond donors (Lipinski definition) is 1. The number of fused-ring (bicyclic) bond motifs is 1. The van der Waals surface area contributed by atoms with Gasteiger partial charge in [-0.15, -0.1) is 23.7 Å². The minimum absolute atomic E-state index is 0.0557. The molecule has 1 aromatic carbocycles. The maximum atomic E-state index is 12.8. The van der Waals surface area contributed by atoms with Crippen molar-refractivity contribution in [2.45, 2.75) is 31.1 Å². The van der Waals surface area contributed by atoms with Crippen molar-refractivity contribution in [1.29, 1.82) is 0 Å². The Kier molecular flexibility index (Phi) is 4.47. The Hall–Kier alpha value is -2.47. The fourth-order valence-electron chi connectivity index (χ4n) is 2.39. The summed E-state index contributed by atoms with van der Waals surface area (Å²) in [4.78, 5) is 15.9. The van der Waals surface area contributed by atoms with Crippen LogP contribution in [0.3, 0.4) is 0 Å². The van der Waals surface area contributed by atoms with Gasteiger partial charge < -0.3 is 5.32 Å². The van der Waals surface area contributed by atoms with Crippen LogP contribution in [0.4, 0.5) is 13.2 Å². The molecule has 0 saturated carbocycles. The van der Waals surface area contributed by atoms with Crippen LogP contribution in [0.2, 0.25) is 0 Å². The summed E-state index contributed by atoms with van der Waals surface area (Å²) in [5, 5.41) is 9.65. The van der Waals surface area contributed by atoms with Crippen LogP contribution in [0, 0.1) is 12.3 Å². The van der Waals surface area contributed by atoms with Crippen LogP contribution in [0.1, 0.15) is 34.6 Å². The average Bonchev–Trinajstić information content (AvgIpc) is 3.17. The van der Waals surface area contributed by atoms with E-state index < -0.39 is 22.8 Å². The van der Waals surface area contributed by atoms with E-state index in [-0.39, 0.29) is 11.1 Å². The van der Waals surface area contributed by atoms with Crippen molar-refractivity contribution in [1.82, 2.24) is 10.3 Å². The molecule has 2 heterocycles. The van der Waals surface area contributed by atoms with Gasteiger partial charge in [0, 0.05) is 25.8 Å². The van der Waals surface area contributed by atoms with E-state index in [4.69, 9.17) is 6.42 Å². The zero-order chi connectivity index (χ0) is 18.1. The molecule has 3 rings (SSSR count). The first-order valence-corrected chi connectivity index (χ1v) is 8.29. The van der Waals surface area contributed by atoms with Gasteiger partial charge in [0.25, 0.3) is 5.91 Å². The summed E-state index contributed by atoms with van der Waals surface area (Å²) in [5.41, 5.74) is -0.345. The molecule has 25 heavy (non-hydrogen) atoms. The van der Waals surface area contributed by atoms with Gasteiger partial charge in [0.15, 0.2) is 10.7 Å². The van der Waals surface area contributed by atoms with Crippen molar-refractivity contribution in [2.24, 2.45) is 10.2 Å². The maximum absolute atomic E-state index is 12.8. The highest BCUT2D eigenvalue weighted by Crippen LogP contribution is 2.37. The SMILES string of the molecule is C#CCCC1(CCNC(=O)c2cccc3sc(C(F)(F)F)nc23)N=N1. The lowest BCUT2D eigenvalue weighted by molar-refractivity contribution is -0.137. The van der Waals surface area contributed by atoms with E-state index in [0.717, 1.165) is 0 Å². The Morgan fingerprint density at radius 3 is 2.72 bits per heavy atom. The Morgan fingerprint density at radius 2 is 2.08 bits per heavy atom. The third-order valence-corrected chi connectivity index (χ3v) is 4.84. The number of carbonyl (C=O) groups excluding carboxylic acids is 1. The van der Waals surface area contributed by atoms with Crippen molar-refractivity contribution in [3.05, 3.63) is 28.8 Å². The van der Waals surface area contributed by atoms with Gasteiger partial charge in [-0.1, -0.05) is 6.07 Å². The zero-order valence-electron chi connectivity index (χ0n) is 12.9. The fourth-order valence-corrected chi connectivity index (χ4v) is 3.25. The number of rotatable bonds is 6. The quantitative estimate of drug-likeness (QED) is 0.785. The number of alkyl halides is 3. The second kappa shape index (κ2) is 6.44. The number of nitrogens with zero attached hydrogens (tertiary/aromatic N) is 3. The molecule has 2 aromatic rings. The largest absolute Gasteiger partial charge is 0.443 e. The van der Waals surface area contributed by atoms with E-state index >= 15 is 0 Å². The van der Waals surface area contributed by atoms with E-state index in [1.54, 1.807) is 0 Å². The highest BCUT2D eigenvalue weighted by atomic mass is 32.1. The summed E-state index contributed by atoms with van der Waals surface area (Å²) in [6.07, 6.45) is 2.34. The third-order valence-electron chi connectivity index (χ3n) is 3.77. The van der Waals surface area contributed by atoms with Crippen LogP contribution < -0.4 is 5.32 Å². The molecule has 0 bridgehead atoms. The number of thiazole rings is 1. The van der Waals surface area contributed by atoms with Crippen molar-refractivity contribution in [3.63, 3.8) is 0 Å². The highest BCUT2D eigenvalue weighted by Gasteiger charge is 2.39. The summed E-state index contributed by atoms with van der Waals surface area (Å²) in [7, 11) is 0. The van der Waals surface area contributed by atoms with Gasteiger partial charge in [-0.2, -0.15) is 23.4 Å². The molecule has 1 amide bonds. The molecule has 1 aliphatic heterocycles. The van der Waals surface area contributed by atoms with Gasteiger partial charge >= 0.3 is 6.18 Å². The Bertz CT molecular complexity index is 876. The number of aromatic nitrogens is 1. The summed E-state index contributed by atoms with van der Waals surface area (Å²) < 4.78 is 38.8. The van der Waals surface area contributed by atoms with E-state index in [2.05, 4.69) is 26.4 Å². The summed E-state index contributed by atoms with van der Waals surface area (Å²) in [6.45, 7) is 0.295. The fraction of sp³-hybridized carbons (Fsp3) is 0.375. The molecule has 1 N–H and O–H groups in total. The van der Waals surface area contributed by atoms with Crippen molar-refractivity contribution in [2.75, 3.05) is 6.54 Å². The molecule has 5 nitrogen and oxygen atoms in total. The van der Waals surface area contributed by atoms with E-state index in [1.165, 1.54) is 18.2 Å². The number of nitrogens with one attached hydrogen (secondary N) is 1. The van der Waals surface area contributed by atoms with E-state index in [1.807, 2.05) is 0 Å². The number of hydrogen-bond acceptors (Lipinski definition) is 5. The minimum Gasteiger partial charge on any atom is -0.352 e. The maximum Gasteiger partial charge on any atom is 0.443 e. The molecular weight excluding hydrogens is 353 g/mol. The highest BCUT2D eigenvalue weighted by molar-refractivity contribution is 7.18. The third kappa shape index (κ3) is 3.79. The van der Waals surface area contributed by atoms with Crippen LogP contribution in [0.15, 0.2) is 28.4 Å². The number of terminal acetylenes is 1. The predicted octanol–water partition coefficient (Wildman–Crippen LogP) is 4.01. The molecule has 1 aromatic heterocycles. The molecular formula is C16H13F3N4OS. The molecule has 0 fully saturated rings. The molecule has 0 saturated heterocycles. The Morgan fingerprint density at radius 1 is 1.32 bits per heavy atom. The van der Waals surface area contributed by atoms with Crippen molar-refractivity contribution < 1.29 is 18.0 Å². The van der Waals surface area contributed by atoms with Gasteiger partial charge in [-0.3, -0.25) is 4.79 Å². The lowest BCUT2D eigenvalue weighted by Crippen LogP contribution is -2.28. The van der Waals surface area contributed by atoms with E-state index in [9.17, 15) is 18.0 Å². The second-order valence-corrected chi connectivity index (χ2v) is 6.59. The van der Waals surface area contributed by atoms with Crippen LogP contribution in [-0.4, -0.2) is 23.1 Å². The summed E-state index contributed by atoms with van der Waals surface area (Å²) in [5.74, 6) is 2.04. The minimum atomic E-state index is -4.53. The topological polar surface area (TPSA) is 66.7 Å². The zero-order valence-corrected chi connectivity index (χ0v) is 13.7. The summed E-state index contributed by atoms with van der Waals surface area (Å²) in [6, 6.07) is 4.50. The number of para-hydroxylation sites is 1. The Balaban J connectivity index is 1.68. The first-order chi connectivity index (χ1) is 11.8. The standard InChI is InChI=1S/C16H13F3N4OS/c1-2-3-7-15(22-23-15)8-9-20-13(24)10-5-4-6-11-12(10)21-14(25-11)16(17,18)19/h1,4-6H,3,7-9H2,(H,20,24). The van der Waals surface area contributed by atoms with Crippen LogP contribution in [-0.2, 0) is 6.18 Å². The average molecular weight is 366 g/mol. The number of benzene rings is 1. The normalized spacial score (nSPS) is 15.1.